The molecule has 1 heteroatoms. The lowest BCUT2D eigenvalue weighted by molar-refractivity contribution is 0.279. The molecule has 1 radical (unpaired) electrons. The fraction of sp³-hybridized carbons (Fsp3) is 0.889. The van der Waals surface area contributed by atoms with Crippen LogP contribution in [0.2, 0.25) is 0 Å². The molecule has 1 aliphatic rings. The van der Waals surface area contributed by atoms with Crippen molar-refractivity contribution in [2.45, 2.75) is 32.1 Å². The van der Waals surface area contributed by atoms with Crippen molar-refractivity contribution in [3.63, 3.8) is 0 Å². The summed E-state index contributed by atoms with van der Waals surface area (Å²) in [6.07, 6.45) is 7.20. The van der Waals surface area contributed by atoms with Crippen LogP contribution < -0.4 is 0 Å². The highest BCUT2D eigenvalue weighted by Crippen LogP contribution is 2.23. The van der Waals surface area contributed by atoms with Crippen molar-refractivity contribution in [3.8, 4) is 0 Å². The molecule has 0 N–H and O–H groups in total. The van der Waals surface area contributed by atoms with E-state index in [0.717, 1.165) is 5.92 Å². The van der Waals surface area contributed by atoms with Gasteiger partial charge in [-0.2, -0.15) is 0 Å². The Hall–Kier alpha value is -0.0400. The van der Waals surface area contributed by atoms with Crippen molar-refractivity contribution in [3.05, 3.63) is 7.05 Å². The number of rotatable bonds is 2. The van der Waals surface area contributed by atoms with E-state index < -0.39 is 0 Å². The lowest BCUT2D eigenvalue weighted by Gasteiger charge is -2.24. The Morgan fingerprint density at radius 2 is 1.90 bits per heavy atom. The second-order valence-electron chi connectivity index (χ2n) is 3.54. The van der Waals surface area contributed by atoms with Gasteiger partial charge in [0, 0.05) is 13.6 Å². The third-order valence-electron chi connectivity index (χ3n) is 2.29. The third kappa shape index (κ3) is 2.70. The minimum Gasteiger partial charge on any atom is -0.305 e. The first-order valence-electron chi connectivity index (χ1n) is 4.30. The van der Waals surface area contributed by atoms with Gasteiger partial charge in [0.1, 0.15) is 0 Å². The van der Waals surface area contributed by atoms with Gasteiger partial charge in [0.2, 0.25) is 0 Å². The zero-order valence-electron chi connectivity index (χ0n) is 6.97. The van der Waals surface area contributed by atoms with Crippen LogP contribution in [0.15, 0.2) is 0 Å². The molecule has 0 unspecified atom stereocenters. The smallest absolute Gasteiger partial charge is 0.0106 e. The zero-order valence-corrected chi connectivity index (χ0v) is 6.97. The standard InChI is InChI=1S/C9H18N/c1-10(2)8-9-6-4-3-5-7-9/h9H,1,3-8H2,2H3. The van der Waals surface area contributed by atoms with E-state index in [1.54, 1.807) is 0 Å². The molecule has 0 aromatic carbocycles. The first kappa shape index (κ1) is 8.06. The average Bonchev–Trinajstić information content (AvgIpc) is 1.88. The summed E-state index contributed by atoms with van der Waals surface area (Å²) in [6, 6.07) is 0. The summed E-state index contributed by atoms with van der Waals surface area (Å²) in [5.41, 5.74) is 0. The first-order valence-corrected chi connectivity index (χ1v) is 4.30. The molecule has 0 aromatic rings. The molecule has 10 heavy (non-hydrogen) atoms. The summed E-state index contributed by atoms with van der Waals surface area (Å²) in [5, 5.41) is 0. The van der Waals surface area contributed by atoms with E-state index in [1.807, 2.05) is 0 Å². The minimum absolute atomic E-state index is 0.941. The minimum atomic E-state index is 0.941. The predicted molar refractivity (Wildman–Crippen MR) is 44.6 cm³/mol. The maximum atomic E-state index is 3.87. The number of hydrogen-bond donors (Lipinski definition) is 0. The summed E-state index contributed by atoms with van der Waals surface area (Å²) in [5.74, 6) is 0.941. The largest absolute Gasteiger partial charge is 0.305 e. The third-order valence-corrected chi connectivity index (χ3v) is 2.29. The van der Waals surface area contributed by atoms with Crippen molar-refractivity contribution < 1.29 is 0 Å². The molecule has 1 fully saturated rings. The molecule has 1 nitrogen and oxygen atoms in total. The van der Waals surface area contributed by atoms with Gasteiger partial charge >= 0.3 is 0 Å². The van der Waals surface area contributed by atoms with Gasteiger partial charge in [-0.1, -0.05) is 19.3 Å². The van der Waals surface area contributed by atoms with Gasteiger partial charge in [-0.3, -0.25) is 0 Å². The number of hydrogen-bond acceptors (Lipinski definition) is 1. The van der Waals surface area contributed by atoms with E-state index in [1.165, 1.54) is 38.6 Å². The van der Waals surface area contributed by atoms with Crippen LogP contribution in [0, 0.1) is 13.0 Å². The van der Waals surface area contributed by atoms with E-state index >= 15 is 0 Å². The summed E-state index contributed by atoms with van der Waals surface area (Å²) < 4.78 is 0. The van der Waals surface area contributed by atoms with Crippen LogP contribution in [-0.4, -0.2) is 18.5 Å². The molecular weight excluding hydrogens is 122 g/mol. The van der Waals surface area contributed by atoms with E-state index in [-0.39, 0.29) is 0 Å². The Bertz CT molecular complexity index is 82.7. The van der Waals surface area contributed by atoms with Crippen LogP contribution in [0.25, 0.3) is 0 Å². The van der Waals surface area contributed by atoms with E-state index in [0.29, 0.717) is 0 Å². The van der Waals surface area contributed by atoms with E-state index in [2.05, 4.69) is 19.0 Å². The Morgan fingerprint density at radius 1 is 1.30 bits per heavy atom. The molecule has 1 rings (SSSR count). The van der Waals surface area contributed by atoms with Gasteiger partial charge < -0.3 is 4.90 Å². The maximum absolute atomic E-state index is 3.87. The van der Waals surface area contributed by atoms with Crippen LogP contribution >= 0.6 is 0 Å². The molecular formula is C9H18N. The van der Waals surface area contributed by atoms with Crippen LogP contribution in [0.3, 0.4) is 0 Å². The van der Waals surface area contributed by atoms with Crippen molar-refractivity contribution in [1.82, 2.24) is 4.90 Å². The van der Waals surface area contributed by atoms with Gasteiger partial charge in [0.05, 0.1) is 0 Å². The fourth-order valence-corrected chi connectivity index (χ4v) is 1.81. The molecule has 0 saturated heterocycles. The molecule has 0 aromatic heterocycles. The van der Waals surface area contributed by atoms with Crippen molar-refractivity contribution in [2.75, 3.05) is 13.6 Å². The van der Waals surface area contributed by atoms with Crippen molar-refractivity contribution >= 4 is 0 Å². The van der Waals surface area contributed by atoms with Gasteiger partial charge in [0.25, 0.3) is 0 Å². The average molecular weight is 140 g/mol. The summed E-state index contributed by atoms with van der Waals surface area (Å²) in [4.78, 5) is 2.07. The molecule has 0 aliphatic heterocycles. The van der Waals surface area contributed by atoms with Crippen molar-refractivity contribution in [1.29, 1.82) is 0 Å². The Morgan fingerprint density at radius 3 is 2.40 bits per heavy atom. The predicted octanol–water partition coefficient (Wildman–Crippen LogP) is 2.29. The molecule has 0 heterocycles. The van der Waals surface area contributed by atoms with Gasteiger partial charge in [-0.15, -0.1) is 0 Å². The van der Waals surface area contributed by atoms with E-state index in [9.17, 15) is 0 Å². The highest BCUT2D eigenvalue weighted by molar-refractivity contribution is 4.68. The SMILES string of the molecule is [CH2]N(C)CC1CCCCC1. The molecule has 0 spiro atoms. The van der Waals surface area contributed by atoms with Crippen LogP contribution in [0.5, 0.6) is 0 Å². The highest BCUT2D eigenvalue weighted by atomic mass is 15.1. The molecule has 59 valence electrons. The second-order valence-corrected chi connectivity index (χ2v) is 3.54. The van der Waals surface area contributed by atoms with Crippen LogP contribution in [0.1, 0.15) is 32.1 Å². The first-order chi connectivity index (χ1) is 4.79. The Balaban J connectivity index is 2.13. The van der Waals surface area contributed by atoms with Gasteiger partial charge in [-0.25, -0.2) is 0 Å². The van der Waals surface area contributed by atoms with Crippen LogP contribution in [-0.2, 0) is 0 Å². The quantitative estimate of drug-likeness (QED) is 0.569. The second kappa shape index (κ2) is 3.97. The molecule has 0 bridgehead atoms. The molecule has 1 saturated carbocycles. The topological polar surface area (TPSA) is 3.24 Å². The van der Waals surface area contributed by atoms with E-state index in [4.69, 9.17) is 0 Å². The highest BCUT2D eigenvalue weighted by Gasteiger charge is 2.13. The lowest BCUT2D eigenvalue weighted by Crippen LogP contribution is -2.21. The summed E-state index contributed by atoms with van der Waals surface area (Å²) >= 11 is 0. The molecule has 1 aliphatic carbocycles. The zero-order chi connectivity index (χ0) is 7.40. The fourth-order valence-electron chi connectivity index (χ4n) is 1.81. The molecule has 0 amide bonds. The van der Waals surface area contributed by atoms with Gasteiger partial charge in [0.15, 0.2) is 0 Å². The lowest BCUT2D eigenvalue weighted by atomic mass is 9.89. The monoisotopic (exact) mass is 140 g/mol. The Kier molecular flexibility index (Phi) is 3.20. The van der Waals surface area contributed by atoms with Crippen LogP contribution in [0.4, 0.5) is 0 Å². The maximum Gasteiger partial charge on any atom is 0.0106 e. The van der Waals surface area contributed by atoms with Gasteiger partial charge in [-0.05, 0) is 25.8 Å². The summed E-state index contributed by atoms with van der Waals surface area (Å²) in [6.45, 7) is 1.19. The van der Waals surface area contributed by atoms with Crippen molar-refractivity contribution in [2.24, 2.45) is 5.92 Å². The number of nitrogens with zero attached hydrogens (tertiary/aromatic N) is 1. The normalized spacial score (nSPS) is 21.9. The summed E-state index contributed by atoms with van der Waals surface area (Å²) in [7, 11) is 5.93. The Labute approximate surface area is 64.4 Å². The molecule has 0 atom stereocenters.